The highest BCUT2D eigenvalue weighted by atomic mass is 16.1. The Labute approximate surface area is 101 Å². The minimum Gasteiger partial charge on any atom is -0.396 e. The van der Waals surface area contributed by atoms with E-state index in [1.54, 1.807) is 13.1 Å². The first-order valence-electron chi connectivity index (χ1n) is 5.81. The van der Waals surface area contributed by atoms with Gasteiger partial charge in [0.25, 0.3) is 0 Å². The van der Waals surface area contributed by atoms with Gasteiger partial charge in [-0.2, -0.15) is 0 Å². The highest BCUT2D eigenvalue weighted by Crippen LogP contribution is 2.26. The van der Waals surface area contributed by atoms with Crippen LogP contribution < -0.4 is 16.0 Å². The van der Waals surface area contributed by atoms with Crippen LogP contribution in [-0.4, -0.2) is 30.0 Å². The largest absolute Gasteiger partial charge is 0.396 e. The molecule has 92 valence electrons. The number of amides is 1. The third kappa shape index (κ3) is 2.49. The second-order valence-electron chi connectivity index (χ2n) is 4.50. The Bertz CT molecular complexity index is 433. The van der Waals surface area contributed by atoms with E-state index in [2.05, 4.69) is 15.2 Å². The zero-order valence-electron chi connectivity index (χ0n) is 10.2. The van der Waals surface area contributed by atoms with Gasteiger partial charge in [-0.15, -0.1) is 0 Å². The van der Waals surface area contributed by atoms with Crippen LogP contribution >= 0.6 is 0 Å². The van der Waals surface area contributed by atoms with Gasteiger partial charge in [0, 0.05) is 32.3 Å². The van der Waals surface area contributed by atoms with Gasteiger partial charge in [0.1, 0.15) is 0 Å². The number of hydrogen-bond donors (Lipinski definition) is 2. The van der Waals surface area contributed by atoms with E-state index in [4.69, 9.17) is 5.73 Å². The zero-order valence-corrected chi connectivity index (χ0v) is 10.2. The third-order valence-corrected chi connectivity index (χ3v) is 3.08. The van der Waals surface area contributed by atoms with Crippen LogP contribution in [0, 0.1) is 6.92 Å². The van der Waals surface area contributed by atoms with Crippen LogP contribution in [0.25, 0.3) is 0 Å². The van der Waals surface area contributed by atoms with Gasteiger partial charge in [0.2, 0.25) is 5.91 Å². The monoisotopic (exact) mass is 234 g/mol. The van der Waals surface area contributed by atoms with Gasteiger partial charge in [-0.1, -0.05) is 0 Å². The van der Waals surface area contributed by atoms with Crippen LogP contribution in [0.2, 0.25) is 0 Å². The summed E-state index contributed by atoms with van der Waals surface area (Å²) in [5.41, 5.74) is 7.79. The smallest absolute Gasteiger partial charge is 0.217 e. The molecule has 1 fully saturated rings. The molecule has 17 heavy (non-hydrogen) atoms. The number of aryl methyl sites for hydroxylation is 1. The average molecular weight is 234 g/mol. The van der Waals surface area contributed by atoms with Gasteiger partial charge < -0.3 is 16.0 Å². The molecule has 0 radical (unpaired) electrons. The van der Waals surface area contributed by atoms with Gasteiger partial charge in [-0.05, 0) is 25.0 Å². The number of rotatable bonds is 2. The van der Waals surface area contributed by atoms with Crippen LogP contribution in [0.4, 0.5) is 11.5 Å². The molecule has 0 aliphatic carbocycles. The lowest BCUT2D eigenvalue weighted by molar-refractivity contribution is -0.119. The summed E-state index contributed by atoms with van der Waals surface area (Å²) < 4.78 is 0. The van der Waals surface area contributed by atoms with Crippen LogP contribution in [-0.2, 0) is 4.79 Å². The molecule has 1 aliphatic rings. The first-order chi connectivity index (χ1) is 8.08. The normalized spacial score (nSPS) is 19.4. The van der Waals surface area contributed by atoms with Gasteiger partial charge >= 0.3 is 0 Å². The first-order valence-corrected chi connectivity index (χ1v) is 5.81. The number of nitrogens with two attached hydrogens (primary N) is 1. The first kappa shape index (κ1) is 11.7. The number of anilines is 2. The molecule has 1 aromatic rings. The summed E-state index contributed by atoms with van der Waals surface area (Å²) >= 11 is 0. The SMILES string of the molecule is CC(=O)NC1CCN(c2nccc(C)c2N)C1. The van der Waals surface area contributed by atoms with Crippen molar-refractivity contribution in [3.05, 3.63) is 17.8 Å². The van der Waals surface area contributed by atoms with Crippen LogP contribution in [0.3, 0.4) is 0 Å². The van der Waals surface area contributed by atoms with E-state index in [-0.39, 0.29) is 11.9 Å². The molecular formula is C12H18N4O. The average Bonchev–Trinajstić information content (AvgIpc) is 2.69. The Morgan fingerprint density at radius 3 is 3.12 bits per heavy atom. The molecule has 1 atom stereocenters. The number of aromatic nitrogens is 1. The molecule has 0 spiro atoms. The van der Waals surface area contributed by atoms with Gasteiger partial charge in [-0.3, -0.25) is 4.79 Å². The van der Waals surface area contributed by atoms with Crippen molar-refractivity contribution in [3.63, 3.8) is 0 Å². The number of nitrogens with zero attached hydrogens (tertiary/aromatic N) is 2. The summed E-state index contributed by atoms with van der Waals surface area (Å²) in [6.45, 7) is 5.18. The summed E-state index contributed by atoms with van der Waals surface area (Å²) in [6.07, 6.45) is 2.71. The molecule has 2 heterocycles. The molecular weight excluding hydrogens is 216 g/mol. The lowest BCUT2D eigenvalue weighted by Gasteiger charge is -2.20. The van der Waals surface area contributed by atoms with E-state index in [1.807, 2.05) is 13.0 Å². The van der Waals surface area contributed by atoms with E-state index in [0.29, 0.717) is 0 Å². The quantitative estimate of drug-likeness (QED) is 0.789. The van der Waals surface area contributed by atoms with Crippen molar-refractivity contribution in [1.82, 2.24) is 10.3 Å². The molecule has 1 saturated heterocycles. The Morgan fingerprint density at radius 2 is 2.41 bits per heavy atom. The highest BCUT2D eigenvalue weighted by molar-refractivity contribution is 5.73. The predicted octanol–water partition coefficient (Wildman–Crippen LogP) is 0.687. The number of nitrogens with one attached hydrogen (secondary N) is 1. The van der Waals surface area contributed by atoms with E-state index in [1.165, 1.54) is 0 Å². The summed E-state index contributed by atoms with van der Waals surface area (Å²) in [4.78, 5) is 17.4. The van der Waals surface area contributed by atoms with Gasteiger partial charge in [-0.25, -0.2) is 4.98 Å². The molecule has 1 aromatic heterocycles. The van der Waals surface area contributed by atoms with Crippen molar-refractivity contribution >= 4 is 17.4 Å². The molecule has 2 rings (SSSR count). The van der Waals surface area contributed by atoms with Crippen molar-refractivity contribution in [2.45, 2.75) is 26.3 Å². The maximum Gasteiger partial charge on any atom is 0.217 e. The standard InChI is InChI=1S/C12H18N4O/c1-8-3-5-14-12(11(8)13)16-6-4-10(7-16)15-9(2)17/h3,5,10H,4,6-7,13H2,1-2H3,(H,15,17). The molecule has 5 nitrogen and oxygen atoms in total. The molecule has 5 heteroatoms. The number of carbonyl (C=O) groups excluding carboxylic acids is 1. The lowest BCUT2D eigenvalue weighted by Crippen LogP contribution is -2.35. The maximum atomic E-state index is 11.0. The zero-order chi connectivity index (χ0) is 12.4. The molecule has 1 unspecified atom stereocenters. The second-order valence-corrected chi connectivity index (χ2v) is 4.50. The summed E-state index contributed by atoms with van der Waals surface area (Å²) in [7, 11) is 0. The lowest BCUT2D eigenvalue weighted by atomic mass is 10.2. The van der Waals surface area contributed by atoms with Gasteiger partial charge in [0.15, 0.2) is 5.82 Å². The summed E-state index contributed by atoms with van der Waals surface area (Å²) in [5.74, 6) is 0.847. The molecule has 1 amide bonds. The van der Waals surface area contributed by atoms with Crippen LogP contribution in [0.15, 0.2) is 12.3 Å². The highest BCUT2D eigenvalue weighted by Gasteiger charge is 2.25. The Balaban J connectivity index is 2.10. The maximum absolute atomic E-state index is 11.0. The van der Waals surface area contributed by atoms with E-state index < -0.39 is 0 Å². The number of carbonyl (C=O) groups is 1. The molecule has 3 N–H and O–H groups in total. The predicted molar refractivity (Wildman–Crippen MR) is 67.8 cm³/mol. The van der Waals surface area contributed by atoms with Crippen molar-refractivity contribution in [2.24, 2.45) is 0 Å². The fourth-order valence-electron chi connectivity index (χ4n) is 2.17. The van der Waals surface area contributed by atoms with E-state index in [9.17, 15) is 4.79 Å². The fourth-order valence-corrected chi connectivity index (χ4v) is 2.17. The molecule has 0 aromatic carbocycles. The number of pyridine rings is 1. The van der Waals surface area contributed by atoms with Crippen molar-refractivity contribution in [3.8, 4) is 0 Å². The fraction of sp³-hybridized carbons (Fsp3) is 0.500. The van der Waals surface area contributed by atoms with Crippen LogP contribution in [0.1, 0.15) is 18.9 Å². The molecule has 1 aliphatic heterocycles. The third-order valence-electron chi connectivity index (χ3n) is 3.08. The van der Waals surface area contributed by atoms with Crippen molar-refractivity contribution in [2.75, 3.05) is 23.7 Å². The Morgan fingerprint density at radius 1 is 1.65 bits per heavy atom. The van der Waals surface area contributed by atoms with Crippen LogP contribution in [0.5, 0.6) is 0 Å². The minimum absolute atomic E-state index is 0.0158. The summed E-state index contributed by atoms with van der Waals surface area (Å²) in [6, 6.07) is 2.11. The molecule has 0 saturated carbocycles. The Kier molecular flexibility index (Phi) is 3.17. The minimum atomic E-state index is 0.0158. The van der Waals surface area contributed by atoms with E-state index >= 15 is 0 Å². The Hall–Kier alpha value is -1.78. The topological polar surface area (TPSA) is 71.2 Å². The van der Waals surface area contributed by atoms with Gasteiger partial charge in [0.05, 0.1) is 5.69 Å². The second kappa shape index (κ2) is 4.61. The van der Waals surface area contributed by atoms with Crippen molar-refractivity contribution in [1.29, 1.82) is 0 Å². The van der Waals surface area contributed by atoms with E-state index in [0.717, 1.165) is 36.6 Å². The molecule has 0 bridgehead atoms. The van der Waals surface area contributed by atoms with Crippen molar-refractivity contribution < 1.29 is 4.79 Å². The number of hydrogen-bond acceptors (Lipinski definition) is 4. The number of nitrogen functional groups attached to an aromatic ring is 1. The summed E-state index contributed by atoms with van der Waals surface area (Å²) in [5, 5.41) is 2.93.